The second-order valence-electron chi connectivity index (χ2n) is 5.58. The Bertz CT molecular complexity index is 418. The molecule has 0 heterocycles. The van der Waals surface area contributed by atoms with Gasteiger partial charge in [0.1, 0.15) is 5.78 Å². The van der Waals surface area contributed by atoms with Gasteiger partial charge in [0, 0.05) is 22.4 Å². The summed E-state index contributed by atoms with van der Waals surface area (Å²) < 4.78 is 0. The number of rotatable bonds is 4. The number of Topliss-reactive ketones (excluding diaryl/α,β-unsaturated/α-hetero) is 1. The number of carbonyl (C=O) groups is 1. The highest BCUT2D eigenvalue weighted by molar-refractivity contribution is 6.30. The molecule has 0 saturated carbocycles. The van der Waals surface area contributed by atoms with Crippen molar-refractivity contribution >= 4 is 17.4 Å². The van der Waals surface area contributed by atoms with Crippen LogP contribution in [-0.2, 0) is 11.2 Å². The minimum Gasteiger partial charge on any atom is -0.325 e. The van der Waals surface area contributed by atoms with Gasteiger partial charge in [0.15, 0.2) is 0 Å². The molecule has 0 aromatic heterocycles. The number of hydrogen-bond acceptors (Lipinski definition) is 2. The lowest BCUT2D eigenvalue weighted by Crippen LogP contribution is -2.52. The predicted octanol–water partition coefficient (Wildman–Crippen LogP) is 3.22. The summed E-state index contributed by atoms with van der Waals surface area (Å²) in [6.45, 7) is 7.53. The molecule has 0 unspecified atom stereocenters. The Morgan fingerprint density at radius 2 is 1.88 bits per heavy atom. The smallest absolute Gasteiger partial charge is 0.144 e. The van der Waals surface area contributed by atoms with Gasteiger partial charge in [-0.05, 0) is 31.5 Å². The molecule has 0 bridgehead atoms. The maximum atomic E-state index is 12.3. The molecule has 0 amide bonds. The molecule has 0 atom stereocenters. The third kappa shape index (κ3) is 3.30. The lowest BCUT2D eigenvalue weighted by molar-refractivity contribution is -0.129. The van der Waals surface area contributed by atoms with Crippen molar-refractivity contribution in [1.82, 2.24) is 0 Å². The van der Waals surface area contributed by atoms with Crippen LogP contribution in [0.1, 0.15) is 33.3 Å². The molecular formula is C14H20ClNO. The molecule has 1 aromatic carbocycles. The van der Waals surface area contributed by atoms with Crippen LogP contribution in [0.15, 0.2) is 24.3 Å². The summed E-state index contributed by atoms with van der Waals surface area (Å²) in [6.07, 6.45) is 0.369. The molecule has 17 heavy (non-hydrogen) atoms. The van der Waals surface area contributed by atoms with Gasteiger partial charge in [0.25, 0.3) is 0 Å². The van der Waals surface area contributed by atoms with Gasteiger partial charge in [-0.1, -0.05) is 37.6 Å². The first-order valence-electron chi connectivity index (χ1n) is 5.71. The van der Waals surface area contributed by atoms with Gasteiger partial charge < -0.3 is 5.73 Å². The van der Waals surface area contributed by atoms with Gasteiger partial charge in [-0.25, -0.2) is 0 Å². The van der Waals surface area contributed by atoms with Crippen molar-refractivity contribution in [3.8, 4) is 0 Å². The van der Waals surface area contributed by atoms with Crippen LogP contribution in [0.4, 0.5) is 0 Å². The van der Waals surface area contributed by atoms with E-state index in [0.717, 1.165) is 5.56 Å². The van der Waals surface area contributed by atoms with E-state index in [-0.39, 0.29) is 5.78 Å². The minimum absolute atomic E-state index is 0.132. The molecule has 94 valence electrons. The Hall–Kier alpha value is -0.860. The van der Waals surface area contributed by atoms with Gasteiger partial charge >= 0.3 is 0 Å². The lowest BCUT2D eigenvalue weighted by atomic mass is 9.71. The molecule has 0 spiro atoms. The fourth-order valence-corrected chi connectivity index (χ4v) is 1.63. The Morgan fingerprint density at radius 1 is 1.29 bits per heavy atom. The largest absolute Gasteiger partial charge is 0.325 e. The summed E-state index contributed by atoms with van der Waals surface area (Å²) >= 11 is 5.90. The normalized spacial score (nSPS) is 12.6. The van der Waals surface area contributed by atoms with E-state index in [1.807, 2.05) is 45.9 Å². The van der Waals surface area contributed by atoms with Gasteiger partial charge in [0.2, 0.25) is 0 Å². The van der Waals surface area contributed by atoms with Crippen LogP contribution in [0.25, 0.3) is 0 Å². The summed E-state index contributed by atoms with van der Waals surface area (Å²) in [7, 11) is 0. The average Bonchev–Trinajstić information content (AvgIpc) is 2.15. The van der Waals surface area contributed by atoms with Crippen LogP contribution < -0.4 is 5.73 Å². The Morgan fingerprint density at radius 3 is 2.35 bits per heavy atom. The van der Waals surface area contributed by atoms with Crippen molar-refractivity contribution in [2.24, 2.45) is 11.1 Å². The average molecular weight is 254 g/mol. The van der Waals surface area contributed by atoms with Gasteiger partial charge in [-0.2, -0.15) is 0 Å². The van der Waals surface area contributed by atoms with Crippen molar-refractivity contribution in [1.29, 1.82) is 0 Å². The fourth-order valence-electron chi connectivity index (χ4n) is 1.41. The third-order valence-electron chi connectivity index (χ3n) is 3.56. The molecule has 0 aliphatic carbocycles. The van der Waals surface area contributed by atoms with E-state index < -0.39 is 11.0 Å². The zero-order chi connectivity index (χ0) is 13.3. The van der Waals surface area contributed by atoms with E-state index in [1.54, 1.807) is 6.07 Å². The van der Waals surface area contributed by atoms with E-state index >= 15 is 0 Å². The highest BCUT2D eigenvalue weighted by atomic mass is 35.5. The van der Waals surface area contributed by atoms with Crippen LogP contribution in [0.2, 0.25) is 5.02 Å². The van der Waals surface area contributed by atoms with E-state index in [4.69, 9.17) is 17.3 Å². The first kappa shape index (κ1) is 14.2. The highest BCUT2D eigenvalue weighted by Crippen LogP contribution is 2.30. The second kappa shape index (κ2) is 4.79. The third-order valence-corrected chi connectivity index (χ3v) is 3.80. The van der Waals surface area contributed by atoms with Crippen LogP contribution in [0.3, 0.4) is 0 Å². The van der Waals surface area contributed by atoms with Crippen molar-refractivity contribution in [3.05, 3.63) is 34.9 Å². The number of benzene rings is 1. The summed E-state index contributed by atoms with van der Waals surface area (Å²) in [5, 5.41) is 0.653. The highest BCUT2D eigenvalue weighted by Gasteiger charge is 2.39. The van der Waals surface area contributed by atoms with Crippen molar-refractivity contribution in [2.45, 2.75) is 39.7 Å². The molecule has 1 aromatic rings. The SMILES string of the molecule is CC(C)(N)C(C)(C)C(=O)Cc1cccc(Cl)c1. The molecule has 2 N–H and O–H groups in total. The molecular weight excluding hydrogens is 234 g/mol. The molecule has 0 radical (unpaired) electrons. The lowest BCUT2D eigenvalue weighted by Gasteiger charge is -2.37. The number of carbonyl (C=O) groups excluding carboxylic acids is 1. The molecule has 0 fully saturated rings. The van der Waals surface area contributed by atoms with Crippen molar-refractivity contribution in [3.63, 3.8) is 0 Å². The molecule has 0 aliphatic rings. The van der Waals surface area contributed by atoms with Crippen LogP contribution in [-0.4, -0.2) is 11.3 Å². The van der Waals surface area contributed by atoms with Crippen LogP contribution in [0.5, 0.6) is 0 Å². The second-order valence-corrected chi connectivity index (χ2v) is 6.01. The molecule has 3 heteroatoms. The van der Waals surface area contributed by atoms with Crippen LogP contribution >= 0.6 is 11.6 Å². The topological polar surface area (TPSA) is 43.1 Å². The monoisotopic (exact) mass is 253 g/mol. The van der Waals surface area contributed by atoms with Gasteiger partial charge in [-0.15, -0.1) is 0 Å². The maximum absolute atomic E-state index is 12.3. The predicted molar refractivity (Wildman–Crippen MR) is 72.2 cm³/mol. The summed E-state index contributed by atoms with van der Waals surface area (Å²) in [6, 6.07) is 7.38. The molecule has 0 aliphatic heterocycles. The summed E-state index contributed by atoms with van der Waals surface area (Å²) in [5.41, 5.74) is 5.88. The van der Waals surface area contributed by atoms with E-state index in [1.165, 1.54) is 0 Å². The minimum atomic E-state index is -0.560. The van der Waals surface area contributed by atoms with E-state index in [2.05, 4.69) is 0 Å². The quantitative estimate of drug-likeness (QED) is 0.895. The number of halogens is 1. The Balaban J connectivity index is 2.87. The van der Waals surface area contributed by atoms with Crippen molar-refractivity contribution < 1.29 is 4.79 Å². The van der Waals surface area contributed by atoms with Crippen molar-refractivity contribution in [2.75, 3.05) is 0 Å². The van der Waals surface area contributed by atoms with Crippen LogP contribution in [0, 0.1) is 5.41 Å². The Labute approximate surface area is 108 Å². The molecule has 1 rings (SSSR count). The fraction of sp³-hybridized carbons (Fsp3) is 0.500. The van der Waals surface area contributed by atoms with Gasteiger partial charge in [-0.3, -0.25) is 4.79 Å². The summed E-state index contributed by atoms with van der Waals surface area (Å²) in [4.78, 5) is 12.3. The standard InChI is InChI=1S/C14H20ClNO/c1-13(2,14(3,4)16)12(17)9-10-6-5-7-11(15)8-10/h5-8H,9,16H2,1-4H3. The number of ketones is 1. The Kier molecular flexibility index (Phi) is 4.00. The first-order chi connectivity index (χ1) is 7.64. The summed E-state index contributed by atoms with van der Waals surface area (Å²) in [5.74, 6) is 0.132. The first-order valence-corrected chi connectivity index (χ1v) is 6.09. The van der Waals surface area contributed by atoms with E-state index in [9.17, 15) is 4.79 Å². The van der Waals surface area contributed by atoms with Gasteiger partial charge in [0.05, 0.1) is 0 Å². The maximum Gasteiger partial charge on any atom is 0.144 e. The molecule has 2 nitrogen and oxygen atoms in total. The number of nitrogens with two attached hydrogens (primary N) is 1. The van der Waals surface area contributed by atoms with E-state index in [0.29, 0.717) is 11.4 Å². The number of hydrogen-bond donors (Lipinski definition) is 1. The molecule has 0 saturated heterocycles. The zero-order valence-electron chi connectivity index (χ0n) is 10.9. The zero-order valence-corrected chi connectivity index (χ0v) is 11.6.